The van der Waals surface area contributed by atoms with E-state index >= 15 is 0 Å². The molecule has 5 rings (SSSR count). The molecule has 2 aromatic carbocycles. The standard InChI is InChI=1S/C29H24N2O5/c1-19-5-2-3-6-22(19)18-36-23-10-8-21(9-11-23)27(32)25-26(20-12-14-30-15-13-20)31(29(34)28(25)33)17-24-7-4-16-35-24/h2-16,26,32H,17-18H2,1H3/t26-/m0/s1. The average Bonchev–Trinajstić information content (AvgIpc) is 3.51. The molecule has 7 nitrogen and oxygen atoms in total. The minimum atomic E-state index is -0.782. The number of hydrogen-bond donors (Lipinski definition) is 1. The van der Waals surface area contributed by atoms with Gasteiger partial charge in [-0.15, -0.1) is 0 Å². The van der Waals surface area contributed by atoms with Crippen LogP contribution in [0.15, 0.2) is 101 Å². The van der Waals surface area contributed by atoms with Crippen LogP contribution in [-0.4, -0.2) is 26.7 Å². The Morgan fingerprint density at radius 3 is 2.44 bits per heavy atom. The first-order valence-electron chi connectivity index (χ1n) is 11.5. The van der Waals surface area contributed by atoms with E-state index in [2.05, 4.69) is 4.98 Å². The Bertz CT molecular complexity index is 1410. The zero-order valence-corrected chi connectivity index (χ0v) is 19.6. The summed E-state index contributed by atoms with van der Waals surface area (Å²) in [5.74, 6) is -0.541. The van der Waals surface area contributed by atoms with E-state index in [-0.39, 0.29) is 17.9 Å². The zero-order chi connectivity index (χ0) is 25.1. The van der Waals surface area contributed by atoms with Crippen LogP contribution in [0.4, 0.5) is 0 Å². The van der Waals surface area contributed by atoms with Gasteiger partial charge in [0.05, 0.1) is 24.4 Å². The lowest BCUT2D eigenvalue weighted by molar-refractivity contribution is -0.140. The largest absolute Gasteiger partial charge is 0.507 e. The Labute approximate surface area is 208 Å². The van der Waals surface area contributed by atoms with Crippen molar-refractivity contribution in [2.24, 2.45) is 0 Å². The van der Waals surface area contributed by atoms with Crippen molar-refractivity contribution in [2.45, 2.75) is 26.1 Å². The molecule has 1 amide bonds. The predicted octanol–water partition coefficient (Wildman–Crippen LogP) is 5.18. The molecule has 1 saturated heterocycles. The fourth-order valence-corrected chi connectivity index (χ4v) is 4.30. The SMILES string of the molecule is Cc1ccccc1COc1ccc(C(O)=C2C(=O)C(=O)N(Cc3ccco3)[C@H]2c2ccncc2)cc1. The Morgan fingerprint density at radius 2 is 1.75 bits per heavy atom. The molecule has 1 aliphatic heterocycles. The molecule has 180 valence electrons. The van der Waals surface area contributed by atoms with Crippen molar-refractivity contribution in [1.29, 1.82) is 0 Å². The van der Waals surface area contributed by atoms with E-state index in [0.29, 0.717) is 29.2 Å². The van der Waals surface area contributed by atoms with Crippen molar-refractivity contribution in [1.82, 2.24) is 9.88 Å². The van der Waals surface area contributed by atoms with Crippen LogP contribution in [0.5, 0.6) is 5.75 Å². The number of aromatic nitrogens is 1. The second-order valence-corrected chi connectivity index (χ2v) is 8.53. The fourth-order valence-electron chi connectivity index (χ4n) is 4.30. The molecule has 1 aliphatic rings. The van der Waals surface area contributed by atoms with E-state index in [9.17, 15) is 14.7 Å². The van der Waals surface area contributed by atoms with Gasteiger partial charge in [-0.2, -0.15) is 0 Å². The minimum Gasteiger partial charge on any atom is -0.507 e. The molecule has 7 heteroatoms. The summed E-state index contributed by atoms with van der Waals surface area (Å²) in [7, 11) is 0. The molecule has 0 saturated carbocycles. The lowest BCUT2D eigenvalue weighted by atomic mass is 9.96. The highest BCUT2D eigenvalue weighted by Crippen LogP contribution is 2.40. The lowest BCUT2D eigenvalue weighted by Crippen LogP contribution is -2.29. The van der Waals surface area contributed by atoms with E-state index in [1.165, 1.54) is 11.2 Å². The topological polar surface area (TPSA) is 92.9 Å². The molecule has 4 aromatic rings. The number of ether oxygens (including phenoxy) is 1. The molecule has 2 aromatic heterocycles. The third kappa shape index (κ3) is 4.51. The summed E-state index contributed by atoms with van der Waals surface area (Å²) < 4.78 is 11.3. The van der Waals surface area contributed by atoms with Gasteiger partial charge in [-0.25, -0.2) is 0 Å². The van der Waals surface area contributed by atoms with Crippen LogP contribution in [0.3, 0.4) is 0 Å². The Kier molecular flexibility index (Phi) is 6.36. The number of amides is 1. The van der Waals surface area contributed by atoms with E-state index in [1.54, 1.807) is 60.9 Å². The number of aliphatic hydroxyl groups is 1. The number of aryl methyl sites for hydroxylation is 1. The molecule has 0 radical (unpaired) electrons. The number of carbonyl (C=O) groups is 2. The summed E-state index contributed by atoms with van der Waals surface area (Å²) >= 11 is 0. The van der Waals surface area contributed by atoms with Crippen LogP contribution in [-0.2, 0) is 22.7 Å². The number of pyridine rings is 1. The average molecular weight is 481 g/mol. The fraction of sp³-hybridized carbons (Fsp3) is 0.138. The molecule has 1 fully saturated rings. The Hall–Kier alpha value is -4.65. The molecule has 1 N–H and O–H groups in total. The van der Waals surface area contributed by atoms with Crippen LogP contribution >= 0.6 is 0 Å². The molecular weight excluding hydrogens is 456 g/mol. The number of nitrogens with zero attached hydrogens (tertiary/aromatic N) is 2. The summed E-state index contributed by atoms with van der Waals surface area (Å²) in [6.45, 7) is 2.53. The van der Waals surface area contributed by atoms with E-state index in [4.69, 9.17) is 9.15 Å². The second-order valence-electron chi connectivity index (χ2n) is 8.53. The monoisotopic (exact) mass is 480 g/mol. The normalized spacial score (nSPS) is 16.9. The third-order valence-corrected chi connectivity index (χ3v) is 6.25. The van der Waals surface area contributed by atoms with Gasteiger partial charge in [0, 0.05) is 18.0 Å². The maximum Gasteiger partial charge on any atom is 0.296 e. The van der Waals surface area contributed by atoms with E-state index in [0.717, 1.165) is 11.1 Å². The number of benzene rings is 2. The number of Topliss-reactive ketones (excluding diaryl/α,β-unsaturated/α-hetero) is 1. The van der Waals surface area contributed by atoms with Crippen molar-refractivity contribution >= 4 is 17.4 Å². The van der Waals surface area contributed by atoms with Gasteiger partial charge in [0.2, 0.25) is 0 Å². The highest BCUT2D eigenvalue weighted by Gasteiger charge is 2.46. The molecule has 1 atom stereocenters. The van der Waals surface area contributed by atoms with Gasteiger partial charge in [-0.1, -0.05) is 24.3 Å². The van der Waals surface area contributed by atoms with Crippen LogP contribution < -0.4 is 4.74 Å². The quantitative estimate of drug-likeness (QED) is 0.222. The second kappa shape index (κ2) is 9.92. The number of hydrogen-bond acceptors (Lipinski definition) is 6. The molecule has 0 bridgehead atoms. The predicted molar refractivity (Wildman–Crippen MR) is 133 cm³/mol. The molecular formula is C29H24N2O5. The molecule has 0 aliphatic carbocycles. The van der Waals surface area contributed by atoms with E-state index < -0.39 is 17.7 Å². The number of aliphatic hydroxyl groups excluding tert-OH is 1. The van der Waals surface area contributed by atoms with Gasteiger partial charge in [-0.05, 0) is 72.1 Å². The van der Waals surface area contributed by atoms with Crippen molar-refractivity contribution in [2.75, 3.05) is 0 Å². The van der Waals surface area contributed by atoms with Gasteiger partial charge in [-0.3, -0.25) is 14.6 Å². The first kappa shape index (κ1) is 23.1. The number of rotatable bonds is 7. The molecule has 0 unspecified atom stereocenters. The smallest absolute Gasteiger partial charge is 0.296 e. The molecule has 36 heavy (non-hydrogen) atoms. The first-order chi connectivity index (χ1) is 17.5. The maximum atomic E-state index is 13.1. The third-order valence-electron chi connectivity index (χ3n) is 6.25. The highest BCUT2D eigenvalue weighted by atomic mass is 16.5. The Morgan fingerprint density at radius 1 is 1.00 bits per heavy atom. The Balaban J connectivity index is 1.46. The summed E-state index contributed by atoms with van der Waals surface area (Å²) in [5.41, 5.74) is 3.32. The number of ketones is 1. The van der Waals surface area contributed by atoms with Gasteiger partial charge >= 0.3 is 0 Å². The van der Waals surface area contributed by atoms with Crippen LogP contribution in [0.25, 0.3) is 5.76 Å². The summed E-state index contributed by atoms with van der Waals surface area (Å²) in [5, 5.41) is 11.2. The summed E-state index contributed by atoms with van der Waals surface area (Å²) in [4.78, 5) is 31.6. The molecule has 0 spiro atoms. The summed E-state index contributed by atoms with van der Waals surface area (Å²) in [6, 6.07) is 20.9. The van der Waals surface area contributed by atoms with Crippen LogP contribution in [0.2, 0.25) is 0 Å². The highest BCUT2D eigenvalue weighted by molar-refractivity contribution is 6.46. The van der Waals surface area contributed by atoms with Crippen molar-refractivity contribution in [3.63, 3.8) is 0 Å². The van der Waals surface area contributed by atoms with Crippen LogP contribution in [0, 0.1) is 6.92 Å². The van der Waals surface area contributed by atoms with Gasteiger partial charge in [0.1, 0.15) is 23.9 Å². The van der Waals surface area contributed by atoms with Crippen molar-refractivity contribution < 1.29 is 23.8 Å². The minimum absolute atomic E-state index is 0.0198. The summed E-state index contributed by atoms with van der Waals surface area (Å²) in [6.07, 6.45) is 4.68. The lowest BCUT2D eigenvalue weighted by Gasteiger charge is -2.24. The van der Waals surface area contributed by atoms with Gasteiger partial charge in [0.25, 0.3) is 11.7 Å². The number of likely N-dealkylation sites (tertiary alicyclic amines) is 1. The van der Waals surface area contributed by atoms with Gasteiger partial charge in [0.15, 0.2) is 0 Å². The maximum absolute atomic E-state index is 13.1. The van der Waals surface area contributed by atoms with Crippen molar-refractivity contribution in [3.05, 3.63) is 125 Å². The number of furan rings is 1. The van der Waals surface area contributed by atoms with Gasteiger partial charge < -0.3 is 19.2 Å². The molecule has 3 heterocycles. The number of carbonyl (C=O) groups excluding carboxylic acids is 2. The first-order valence-corrected chi connectivity index (χ1v) is 11.5. The van der Waals surface area contributed by atoms with Crippen molar-refractivity contribution in [3.8, 4) is 5.75 Å². The van der Waals surface area contributed by atoms with Crippen LogP contribution in [0.1, 0.15) is 34.1 Å². The zero-order valence-electron chi connectivity index (χ0n) is 19.6. The van der Waals surface area contributed by atoms with E-state index in [1.807, 2.05) is 31.2 Å².